The van der Waals surface area contributed by atoms with Crippen LogP contribution in [0.4, 0.5) is 5.69 Å². The van der Waals surface area contributed by atoms with E-state index in [-0.39, 0.29) is 12.0 Å². The molecule has 1 atom stereocenters. The van der Waals surface area contributed by atoms with Gasteiger partial charge in [0.1, 0.15) is 0 Å². The Morgan fingerprint density at radius 3 is 2.67 bits per heavy atom. The maximum absolute atomic E-state index is 12.4. The number of fused-ring (bicyclic) bond motifs is 1. The van der Waals surface area contributed by atoms with Crippen LogP contribution in [0.2, 0.25) is 0 Å². The summed E-state index contributed by atoms with van der Waals surface area (Å²) >= 11 is 0. The maximum atomic E-state index is 12.4. The molecule has 0 fully saturated rings. The molecule has 2 aromatic carbocycles. The highest BCUT2D eigenvalue weighted by atomic mass is 16.5. The number of nitrogens with zero attached hydrogens (tertiary/aromatic N) is 1. The van der Waals surface area contributed by atoms with Crippen molar-refractivity contribution in [1.29, 1.82) is 0 Å². The van der Waals surface area contributed by atoms with Crippen molar-refractivity contribution < 1.29 is 9.53 Å². The number of rotatable bonds is 6. The van der Waals surface area contributed by atoms with E-state index in [0.717, 1.165) is 22.2 Å². The van der Waals surface area contributed by atoms with Gasteiger partial charge in [-0.2, -0.15) is 0 Å². The van der Waals surface area contributed by atoms with Gasteiger partial charge >= 0.3 is 0 Å². The average Bonchev–Trinajstić information content (AvgIpc) is 2.62. The van der Waals surface area contributed by atoms with Gasteiger partial charge in [-0.1, -0.05) is 48.5 Å². The van der Waals surface area contributed by atoms with E-state index in [2.05, 4.69) is 10.3 Å². The number of hydrogen-bond acceptors (Lipinski definition) is 3. The SMILES string of the molecule is COC(CC(=O)Nc1cccc2cccnc12)Cc1ccccc1. The molecule has 1 aromatic heterocycles. The van der Waals surface area contributed by atoms with Crippen LogP contribution >= 0.6 is 0 Å². The highest BCUT2D eigenvalue weighted by molar-refractivity contribution is 6.00. The molecule has 4 nitrogen and oxygen atoms in total. The lowest BCUT2D eigenvalue weighted by atomic mass is 10.1. The lowest BCUT2D eigenvalue weighted by Gasteiger charge is -2.15. The van der Waals surface area contributed by atoms with Gasteiger partial charge in [0, 0.05) is 18.7 Å². The Hall–Kier alpha value is -2.72. The summed E-state index contributed by atoms with van der Waals surface area (Å²) < 4.78 is 5.47. The number of ether oxygens (including phenoxy) is 1. The number of methoxy groups -OCH3 is 1. The monoisotopic (exact) mass is 320 g/mol. The third-order valence-electron chi connectivity index (χ3n) is 3.96. The Kier molecular flexibility index (Phi) is 5.18. The smallest absolute Gasteiger partial charge is 0.227 e. The molecular weight excluding hydrogens is 300 g/mol. The lowest BCUT2D eigenvalue weighted by Crippen LogP contribution is -2.23. The van der Waals surface area contributed by atoms with Crippen molar-refractivity contribution in [3.8, 4) is 0 Å². The van der Waals surface area contributed by atoms with Gasteiger partial charge in [0.2, 0.25) is 5.91 Å². The molecule has 0 bridgehead atoms. The number of benzene rings is 2. The normalized spacial score (nSPS) is 12.0. The molecular formula is C20H20N2O2. The van der Waals surface area contributed by atoms with Gasteiger partial charge in [-0.15, -0.1) is 0 Å². The van der Waals surface area contributed by atoms with Crippen LogP contribution in [0.15, 0.2) is 66.9 Å². The van der Waals surface area contributed by atoms with E-state index >= 15 is 0 Å². The number of pyridine rings is 1. The van der Waals surface area contributed by atoms with Crippen molar-refractivity contribution in [1.82, 2.24) is 4.98 Å². The number of aromatic nitrogens is 1. The largest absolute Gasteiger partial charge is 0.381 e. The molecule has 24 heavy (non-hydrogen) atoms. The van der Waals surface area contributed by atoms with E-state index in [1.54, 1.807) is 13.3 Å². The average molecular weight is 320 g/mol. The van der Waals surface area contributed by atoms with Gasteiger partial charge in [0.25, 0.3) is 0 Å². The van der Waals surface area contributed by atoms with Crippen LogP contribution in [-0.2, 0) is 16.0 Å². The Morgan fingerprint density at radius 1 is 1.08 bits per heavy atom. The highest BCUT2D eigenvalue weighted by Gasteiger charge is 2.15. The van der Waals surface area contributed by atoms with Crippen molar-refractivity contribution in [2.24, 2.45) is 0 Å². The number of nitrogens with one attached hydrogen (secondary N) is 1. The zero-order valence-corrected chi connectivity index (χ0v) is 13.6. The fourth-order valence-electron chi connectivity index (χ4n) is 2.73. The first-order valence-electron chi connectivity index (χ1n) is 7.96. The molecule has 0 radical (unpaired) electrons. The second kappa shape index (κ2) is 7.70. The molecule has 3 rings (SSSR count). The maximum Gasteiger partial charge on any atom is 0.227 e. The summed E-state index contributed by atoms with van der Waals surface area (Å²) in [4.78, 5) is 16.8. The number of para-hydroxylation sites is 1. The summed E-state index contributed by atoms with van der Waals surface area (Å²) in [5.41, 5.74) is 2.68. The molecule has 1 amide bonds. The van der Waals surface area contributed by atoms with Crippen molar-refractivity contribution >= 4 is 22.5 Å². The first-order chi connectivity index (χ1) is 11.8. The lowest BCUT2D eigenvalue weighted by molar-refractivity contribution is -0.118. The molecule has 1 heterocycles. The number of amides is 1. The minimum Gasteiger partial charge on any atom is -0.381 e. The third-order valence-corrected chi connectivity index (χ3v) is 3.96. The first kappa shape index (κ1) is 16.1. The van der Waals surface area contributed by atoms with Gasteiger partial charge in [-0.25, -0.2) is 0 Å². The second-order valence-corrected chi connectivity index (χ2v) is 5.68. The standard InChI is InChI=1S/C20H20N2O2/c1-24-17(13-15-7-3-2-4-8-15)14-19(23)22-18-11-5-9-16-10-6-12-21-20(16)18/h2-12,17H,13-14H2,1H3,(H,22,23). The van der Waals surface area contributed by atoms with E-state index in [0.29, 0.717) is 12.8 Å². The zero-order valence-electron chi connectivity index (χ0n) is 13.6. The molecule has 1 N–H and O–H groups in total. The fourth-order valence-corrected chi connectivity index (χ4v) is 2.73. The minimum absolute atomic E-state index is 0.0732. The molecule has 1 unspecified atom stereocenters. The Morgan fingerprint density at radius 2 is 1.88 bits per heavy atom. The van der Waals surface area contributed by atoms with E-state index in [9.17, 15) is 4.79 Å². The summed E-state index contributed by atoms with van der Waals surface area (Å²) in [7, 11) is 1.64. The molecule has 3 aromatic rings. The number of carbonyl (C=O) groups excluding carboxylic acids is 1. The topological polar surface area (TPSA) is 51.2 Å². The molecule has 0 aliphatic rings. The van der Waals surface area contributed by atoms with E-state index < -0.39 is 0 Å². The summed E-state index contributed by atoms with van der Waals surface area (Å²) in [6, 6.07) is 19.7. The Balaban J connectivity index is 1.67. The Bertz CT molecular complexity index is 813. The van der Waals surface area contributed by atoms with Crippen LogP contribution in [0.25, 0.3) is 10.9 Å². The molecule has 0 saturated heterocycles. The van der Waals surface area contributed by atoms with E-state index in [1.165, 1.54) is 0 Å². The van der Waals surface area contributed by atoms with Gasteiger partial charge in [0.05, 0.1) is 23.7 Å². The molecule has 0 aliphatic heterocycles. The summed E-state index contributed by atoms with van der Waals surface area (Å²) in [6.45, 7) is 0. The molecule has 0 saturated carbocycles. The highest BCUT2D eigenvalue weighted by Crippen LogP contribution is 2.21. The van der Waals surface area contributed by atoms with Crippen LogP contribution in [-0.4, -0.2) is 24.1 Å². The van der Waals surface area contributed by atoms with Crippen LogP contribution in [0.3, 0.4) is 0 Å². The third kappa shape index (κ3) is 3.97. The van der Waals surface area contributed by atoms with Gasteiger partial charge in [-0.05, 0) is 24.1 Å². The second-order valence-electron chi connectivity index (χ2n) is 5.68. The van der Waals surface area contributed by atoms with Crippen LogP contribution in [0.5, 0.6) is 0 Å². The number of carbonyl (C=O) groups is 1. The zero-order chi connectivity index (χ0) is 16.8. The van der Waals surface area contributed by atoms with Crippen LogP contribution in [0.1, 0.15) is 12.0 Å². The molecule has 0 aliphatic carbocycles. The fraction of sp³-hybridized carbons (Fsp3) is 0.200. The van der Waals surface area contributed by atoms with Gasteiger partial charge < -0.3 is 10.1 Å². The van der Waals surface area contributed by atoms with E-state index in [4.69, 9.17) is 4.74 Å². The van der Waals surface area contributed by atoms with Crippen molar-refractivity contribution in [3.05, 3.63) is 72.4 Å². The quantitative estimate of drug-likeness (QED) is 0.751. The Labute approximate surface area is 141 Å². The minimum atomic E-state index is -0.157. The predicted octanol–water partition coefficient (Wildman–Crippen LogP) is 3.82. The summed E-state index contributed by atoms with van der Waals surface area (Å²) in [5.74, 6) is -0.0732. The number of anilines is 1. The van der Waals surface area contributed by atoms with Crippen LogP contribution in [0, 0.1) is 0 Å². The number of hydrogen-bond donors (Lipinski definition) is 1. The van der Waals surface area contributed by atoms with E-state index in [1.807, 2.05) is 60.7 Å². The molecule has 122 valence electrons. The van der Waals surface area contributed by atoms with Crippen LogP contribution < -0.4 is 5.32 Å². The van der Waals surface area contributed by atoms with Gasteiger partial charge in [0.15, 0.2) is 0 Å². The van der Waals surface area contributed by atoms with Crippen molar-refractivity contribution in [2.45, 2.75) is 18.9 Å². The molecule has 4 heteroatoms. The predicted molar refractivity (Wildman–Crippen MR) is 95.9 cm³/mol. The summed E-state index contributed by atoms with van der Waals surface area (Å²) in [5, 5.41) is 3.96. The van der Waals surface area contributed by atoms with Crippen molar-refractivity contribution in [3.63, 3.8) is 0 Å². The summed E-state index contributed by atoms with van der Waals surface area (Å²) in [6.07, 6.45) is 2.58. The molecule has 0 spiro atoms. The van der Waals surface area contributed by atoms with Crippen molar-refractivity contribution in [2.75, 3.05) is 12.4 Å². The van der Waals surface area contributed by atoms with Gasteiger partial charge in [-0.3, -0.25) is 9.78 Å². The first-order valence-corrected chi connectivity index (χ1v) is 7.96.